The zero-order valence-electron chi connectivity index (χ0n) is 15.6. The van der Waals surface area contributed by atoms with E-state index in [9.17, 15) is 19.7 Å². The molecule has 29 heavy (non-hydrogen) atoms. The van der Waals surface area contributed by atoms with Gasteiger partial charge in [0.1, 0.15) is 4.92 Å². The standard InChI is InChI=1S/C19H17N3O6S/c1-3-12-4-6-13(7-5-12)14-10-29-19(20-14)21-17(23)11(2)27-18(24)15-8-9-16(28-15)22(25)26/h4-11H,3H2,1-2H3,(H,20,21,23)/t11-/m1/s1. The van der Waals surface area contributed by atoms with Gasteiger partial charge < -0.3 is 9.15 Å². The number of furan rings is 1. The van der Waals surface area contributed by atoms with Crippen LogP contribution in [0.15, 0.2) is 46.2 Å². The van der Waals surface area contributed by atoms with E-state index in [1.54, 1.807) is 0 Å². The van der Waals surface area contributed by atoms with Crippen molar-refractivity contribution in [3.63, 3.8) is 0 Å². The van der Waals surface area contributed by atoms with Crippen LogP contribution in [0.2, 0.25) is 0 Å². The summed E-state index contributed by atoms with van der Waals surface area (Å²) in [6, 6.07) is 10.1. The molecule has 0 aliphatic heterocycles. The Morgan fingerprint density at radius 3 is 2.62 bits per heavy atom. The Morgan fingerprint density at radius 1 is 1.28 bits per heavy atom. The minimum atomic E-state index is -1.15. The van der Waals surface area contributed by atoms with Crippen LogP contribution in [-0.2, 0) is 16.0 Å². The number of esters is 1. The van der Waals surface area contributed by atoms with Crippen LogP contribution in [0.25, 0.3) is 11.3 Å². The average molecular weight is 415 g/mol. The monoisotopic (exact) mass is 415 g/mol. The third kappa shape index (κ3) is 4.85. The first kappa shape index (κ1) is 20.2. The molecular weight excluding hydrogens is 398 g/mol. The Morgan fingerprint density at radius 2 is 2.00 bits per heavy atom. The molecule has 0 aliphatic carbocycles. The van der Waals surface area contributed by atoms with Gasteiger partial charge in [-0.25, -0.2) is 9.78 Å². The van der Waals surface area contributed by atoms with Crippen LogP contribution in [0.5, 0.6) is 0 Å². The largest absolute Gasteiger partial charge is 0.447 e. The molecule has 10 heteroatoms. The second kappa shape index (κ2) is 8.65. The van der Waals surface area contributed by atoms with Crippen molar-refractivity contribution in [3.05, 3.63) is 63.2 Å². The van der Waals surface area contributed by atoms with Crippen LogP contribution >= 0.6 is 11.3 Å². The number of carbonyl (C=O) groups is 2. The fourth-order valence-corrected chi connectivity index (χ4v) is 3.11. The number of ether oxygens (including phenoxy) is 1. The van der Waals surface area contributed by atoms with Gasteiger partial charge in [-0.15, -0.1) is 11.3 Å². The summed E-state index contributed by atoms with van der Waals surface area (Å²) in [6.07, 6.45) is -0.205. The zero-order valence-corrected chi connectivity index (χ0v) is 16.4. The Hall–Kier alpha value is -3.53. The van der Waals surface area contributed by atoms with E-state index in [0.717, 1.165) is 29.8 Å². The number of nitrogens with zero attached hydrogens (tertiary/aromatic N) is 2. The van der Waals surface area contributed by atoms with E-state index < -0.39 is 28.8 Å². The summed E-state index contributed by atoms with van der Waals surface area (Å²) in [5.41, 5.74) is 2.87. The second-order valence-corrected chi connectivity index (χ2v) is 6.88. The molecular formula is C19H17N3O6S. The SMILES string of the molecule is CCc1ccc(-c2csc(NC(=O)[C@@H](C)OC(=O)c3ccc([N+](=O)[O-])o3)n2)cc1. The van der Waals surface area contributed by atoms with Crippen LogP contribution < -0.4 is 5.32 Å². The first-order chi connectivity index (χ1) is 13.9. The van der Waals surface area contributed by atoms with Crippen LogP contribution in [0.1, 0.15) is 30.0 Å². The number of carbonyl (C=O) groups excluding carboxylic acids is 2. The lowest BCUT2D eigenvalue weighted by Crippen LogP contribution is -2.29. The van der Waals surface area contributed by atoms with Crippen molar-refractivity contribution in [2.45, 2.75) is 26.4 Å². The third-order valence-corrected chi connectivity index (χ3v) is 4.78. The lowest BCUT2D eigenvalue weighted by Gasteiger charge is -2.11. The number of nitrogens with one attached hydrogen (secondary N) is 1. The molecule has 3 rings (SSSR count). The maximum absolute atomic E-state index is 12.3. The molecule has 1 atom stereocenters. The molecule has 1 aromatic carbocycles. The number of anilines is 1. The Labute approximate surface area is 169 Å². The summed E-state index contributed by atoms with van der Waals surface area (Å²) in [6.45, 7) is 3.45. The molecule has 150 valence electrons. The number of amides is 1. The number of rotatable bonds is 7. The second-order valence-electron chi connectivity index (χ2n) is 6.02. The number of aromatic nitrogens is 1. The van der Waals surface area contributed by atoms with Crippen molar-refractivity contribution < 1.29 is 23.7 Å². The van der Waals surface area contributed by atoms with E-state index in [0.29, 0.717) is 5.13 Å². The highest BCUT2D eigenvalue weighted by Gasteiger charge is 2.24. The van der Waals surface area contributed by atoms with E-state index in [2.05, 4.69) is 17.2 Å². The number of hydrogen-bond donors (Lipinski definition) is 1. The van der Waals surface area contributed by atoms with Crippen LogP contribution in [0.3, 0.4) is 0 Å². The topological polar surface area (TPSA) is 125 Å². The van der Waals surface area contributed by atoms with Gasteiger partial charge in [0.25, 0.3) is 5.91 Å². The lowest BCUT2D eigenvalue weighted by atomic mass is 10.1. The van der Waals surface area contributed by atoms with Crippen molar-refractivity contribution in [3.8, 4) is 11.3 Å². The predicted molar refractivity (Wildman–Crippen MR) is 106 cm³/mol. The number of aryl methyl sites for hydroxylation is 1. The Kier molecular flexibility index (Phi) is 6.03. The van der Waals surface area contributed by atoms with Gasteiger partial charge >= 0.3 is 11.9 Å². The quantitative estimate of drug-likeness (QED) is 0.350. The average Bonchev–Trinajstić information content (AvgIpc) is 3.38. The predicted octanol–water partition coefficient (Wildman–Crippen LogP) is 4.06. The van der Waals surface area contributed by atoms with Crippen LogP contribution in [0, 0.1) is 10.1 Å². The maximum atomic E-state index is 12.3. The molecule has 0 aliphatic rings. The molecule has 0 bridgehead atoms. The summed E-state index contributed by atoms with van der Waals surface area (Å²) < 4.78 is 9.75. The van der Waals surface area contributed by atoms with E-state index in [1.807, 2.05) is 29.6 Å². The normalized spacial score (nSPS) is 11.7. The van der Waals surface area contributed by atoms with E-state index >= 15 is 0 Å². The van der Waals surface area contributed by atoms with Gasteiger partial charge in [0, 0.05) is 10.9 Å². The van der Waals surface area contributed by atoms with Crippen LogP contribution in [-0.4, -0.2) is 27.9 Å². The molecule has 2 aromatic heterocycles. The van der Waals surface area contributed by atoms with E-state index in [1.165, 1.54) is 23.8 Å². The molecule has 0 radical (unpaired) electrons. The van der Waals surface area contributed by atoms with Crippen molar-refractivity contribution in [2.24, 2.45) is 0 Å². The van der Waals surface area contributed by atoms with Crippen molar-refractivity contribution in [1.82, 2.24) is 4.98 Å². The molecule has 0 unspecified atom stereocenters. The number of thiazole rings is 1. The maximum Gasteiger partial charge on any atom is 0.433 e. The molecule has 0 fully saturated rings. The summed E-state index contributed by atoms with van der Waals surface area (Å²) in [4.78, 5) is 38.4. The summed E-state index contributed by atoms with van der Waals surface area (Å²) >= 11 is 1.24. The van der Waals surface area contributed by atoms with Crippen molar-refractivity contribution >= 4 is 34.2 Å². The molecule has 0 saturated heterocycles. The summed E-state index contributed by atoms with van der Waals surface area (Å²) in [5.74, 6) is -2.50. The minimum absolute atomic E-state index is 0.358. The van der Waals surface area contributed by atoms with Gasteiger partial charge in [0.2, 0.25) is 5.76 Å². The highest BCUT2D eigenvalue weighted by molar-refractivity contribution is 7.14. The summed E-state index contributed by atoms with van der Waals surface area (Å²) in [7, 11) is 0. The van der Waals surface area contributed by atoms with Crippen LogP contribution in [0.4, 0.5) is 11.0 Å². The number of hydrogen-bond acceptors (Lipinski definition) is 8. The van der Waals surface area contributed by atoms with Gasteiger partial charge in [0.05, 0.1) is 11.8 Å². The molecule has 0 spiro atoms. The molecule has 1 N–H and O–H groups in total. The third-order valence-electron chi connectivity index (χ3n) is 4.02. The molecule has 2 heterocycles. The fourth-order valence-electron chi connectivity index (χ4n) is 2.39. The van der Waals surface area contributed by atoms with Gasteiger partial charge in [-0.2, -0.15) is 0 Å². The molecule has 1 amide bonds. The zero-order chi connectivity index (χ0) is 21.0. The van der Waals surface area contributed by atoms with Gasteiger partial charge in [-0.1, -0.05) is 31.2 Å². The first-order valence-corrected chi connectivity index (χ1v) is 9.56. The van der Waals surface area contributed by atoms with Crippen molar-refractivity contribution in [1.29, 1.82) is 0 Å². The molecule has 9 nitrogen and oxygen atoms in total. The fraction of sp³-hybridized carbons (Fsp3) is 0.211. The van der Waals surface area contributed by atoms with Crippen molar-refractivity contribution in [2.75, 3.05) is 5.32 Å². The van der Waals surface area contributed by atoms with Gasteiger partial charge in [-0.05, 0) is 25.0 Å². The highest BCUT2D eigenvalue weighted by atomic mass is 32.1. The minimum Gasteiger partial charge on any atom is -0.447 e. The Bertz CT molecular complexity index is 1040. The van der Waals surface area contributed by atoms with Gasteiger partial charge in [-0.3, -0.25) is 20.2 Å². The lowest BCUT2D eigenvalue weighted by molar-refractivity contribution is -0.402. The molecule has 3 aromatic rings. The number of nitro groups is 1. The van der Waals surface area contributed by atoms with E-state index in [-0.39, 0.29) is 5.76 Å². The number of benzene rings is 1. The highest BCUT2D eigenvalue weighted by Crippen LogP contribution is 2.25. The summed E-state index contributed by atoms with van der Waals surface area (Å²) in [5, 5.41) is 15.4. The van der Waals surface area contributed by atoms with E-state index in [4.69, 9.17) is 9.15 Å². The first-order valence-electron chi connectivity index (χ1n) is 8.68. The smallest absolute Gasteiger partial charge is 0.433 e. The Balaban J connectivity index is 1.59. The van der Waals surface area contributed by atoms with Gasteiger partial charge in [0.15, 0.2) is 11.2 Å². The molecule has 0 saturated carbocycles.